The molecule has 0 aliphatic carbocycles. The van der Waals surface area contributed by atoms with Gasteiger partial charge in [0.05, 0.1) is 34.9 Å². The Labute approximate surface area is 352 Å². The second-order valence-electron chi connectivity index (χ2n) is 11.5. The van der Waals surface area contributed by atoms with E-state index in [9.17, 15) is 35.5 Å². The fourth-order valence-corrected chi connectivity index (χ4v) is 6.57. The maximum absolute atomic E-state index is 14.1. The number of benzene rings is 5. The Kier molecular flexibility index (Phi) is 12.6. The zero-order chi connectivity index (χ0) is 36.6. The molecule has 7 rings (SSSR count). The average Bonchev–Trinajstić information content (AvgIpc) is 3.10. The van der Waals surface area contributed by atoms with E-state index in [2.05, 4.69) is 8.37 Å². The van der Waals surface area contributed by atoms with Crippen LogP contribution in [0.25, 0.3) is 44.6 Å². The molecular formula is C36H24N4Na2O10S2. The first-order valence-electron chi connectivity index (χ1n) is 15.4. The van der Waals surface area contributed by atoms with Gasteiger partial charge in [0.15, 0.2) is 0 Å². The molecule has 0 aliphatic rings. The Morgan fingerprint density at radius 1 is 0.519 bits per heavy atom. The van der Waals surface area contributed by atoms with Crippen molar-refractivity contribution in [3.8, 4) is 34.3 Å². The summed E-state index contributed by atoms with van der Waals surface area (Å²) in [5.74, 6) is -0.218. The van der Waals surface area contributed by atoms with Crippen molar-refractivity contribution >= 4 is 42.6 Å². The fraction of sp³-hybridized carbons (Fsp3) is 0.0556. The van der Waals surface area contributed by atoms with Gasteiger partial charge in [-0.3, -0.25) is 18.7 Å². The summed E-state index contributed by atoms with van der Waals surface area (Å²) in [5, 5.41) is 0.635. The van der Waals surface area contributed by atoms with Gasteiger partial charge in [-0.1, -0.05) is 72.8 Å². The summed E-state index contributed by atoms with van der Waals surface area (Å²) in [6.45, 7) is -0.105. The minimum Gasteiger partial charge on any atom is -0.716 e. The maximum atomic E-state index is 14.1. The van der Waals surface area contributed by atoms with Crippen LogP contribution in [0.2, 0.25) is 0 Å². The summed E-state index contributed by atoms with van der Waals surface area (Å²) < 4.78 is 79.9. The van der Waals surface area contributed by atoms with Crippen LogP contribution < -0.4 is 78.6 Å². The maximum Gasteiger partial charge on any atom is 1.00 e. The SMILES string of the molecule is O=c1c2ccccc2nc(-c2cccc(OS(=O)(=O)[O-])c2)n1Cc1ccccc1Cn1c(-c2cccc(OS(=O)(=O)[O-])c2)nc2ccccc2c1=O.[Na+].[Na+]. The first-order chi connectivity index (χ1) is 24.8. The predicted molar refractivity (Wildman–Crippen MR) is 188 cm³/mol. The van der Waals surface area contributed by atoms with E-state index in [4.69, 9.17) is 9.97 Å². The molecule has 7 aromatic rings. The van der Waals surface area contributed by atoms with E-state index in [1.165, 1.54) is 45.5 Å². The van der Waals surface area contributed by atoms with E-state index < -0.39 is 31.9 Å². The molecule has 54 heavy (non-hydrogen) atoms. The molecule has 14 nitrogen and oxygen atoms in total. The van der Waals surface area contributed by atoms with Gasteiger partial charge < -0.3 is 17.5 Å². The van der Waals surface area contributed by atoms with Gasteiger partial charge in [-0.2, -0.15) is 0 Å². The molecule has 5 aromatic carbocycles. The van der Waals surface area contributed by atoms with Gasteiger partial charge in [0.2, 0.25) is 0 Å². The van der Waals surface area contributed by atoms with Gasteiger partial charge in [-0.25, -0.2) is 26.8 Å². The summed E-state index contributed by atoms with van der Waals surface area (Å²) in [7, 11) is -10.2. The van der Waals surface area contributed by atoms with Crippen molar-refractivity contribution in [2.75, 3.05) is 0 Å². The second-order valence-corrected chi connectivity index (χ2v) is 13.5. The van der Waals surface area contributed by atoms with Crippen LogP contribution in [0, 0.1) is 0 Å². The first-order valence-corrected chi connectivity index (χ1v) is 18.1. The van der Waals surface area contributed by atoms with Crippen LogP contribution in [-0.4, -0.2) is 45.0 Å². The Hall–Kier alpha value is -4.20. The van der Waals surface area contributed by atoms with Crippen LogP contribution in [0.1, 0.15) is 11.1 Å². The van der Waals surface area contributed by atoms with Crippen LogP contribution in [0.5, 0.6) is 11.5 Å². The van der Waals surface area contributed by atoms with Crippen molar-refractivity contribution in [3.05, 3.63) is 153 Å². The number of nitrogens with zero attached hydrogens (tertiary/aromatic N) is 4. The Morgan fingerprint density at radius 2 is 0.889 bits per heavy atom. The van der Waals surface area contributed by atoms with E-state index in [-0.39, 0.29) is 95.4 Å². The van der Waals surface area contributed by atoms with E-state index in [1.54, 1.807) is 84.9 Å². The molecule has 0 spiro atoms. The van der Waals surface area contributed by atoms with E-state index in [1.807, 2.05) is 0 Å². The smallest absolute Gasteiger partial charge is 0.716 e. The molecule has 262 valence electrons. The van der Waals surface area contributed by atoms with E-state index >= 15 is 0 Å². The van der Waals surface area contributed by atoms with Gasteiger partial charge >= 0.3 is 59.1 Å². The summed E-state index contributed by atoms with van der Waals surface area (Å²) in [6.07, 6.45) is 0. The molecule has 0 radical (unpaired) electrons. The number of rotatable bonds is 10. The van der Waals surface area contributed by atoms with Crippen molar-refractivity contribution in [2.45, 2.75) is 13.1 Å². The standard InChI is InChI=1S/C36H26N4O10S2.2Na/c41-35-29-15-3-5-17-31(29)37-33(23-11-7-13-27(19-23)49-51(43,44)45)39(35)21-25-9-1-2-10-26(25)22-40-34(38-32-18-6-4-16-30(32)36(40)42)24-12-8-14-28(20-24)50-52(46,47)48;;/h1-20H,21-22H2,(H,43,44,45)(H,46,47,48);;/q;2*+1/p-2. The third-order valence-electron chi connectivity index (χ3n) is 8.08. The van der Waals surface area contributed by atoms with Crippen LogP contribution in [0.4, 0.5) is 0 Å². The number of fused-ring (bicyclic) bond motifs is 2. The molecular weight excluding hydrogens is 759 g/mol. The molecule has 0 amide bonds. The van der Waals surface area contributed by atoms with Gasteiger partial charge in [0, 0.05) is 11.1 Å². The van der Waals surface area contributed by atoms with Gasteiger partial charge in [-0.05, 0) is 59.7 Å². The van der Waals surface area contributed by atoms with Crippen molar-refractivity contribution in [1.82, 2.24) is 19.1 Å². The Balaban J connectivity index is 0.00000280. The Morgan fingerprint density at radius 3 is 1.28 bits per heavy atom. The molecule has 2 heterocycles. The van der Waals surface area contributed by atoms with Crippen molar-refractivity contribution in [2.24, 2.45) is 0 Å². The van der Waals surface area contributed by atoms with Crippen LogP contribution in [-0.2, 0) is 33.9 Å². The fourth-order valence-electron chi connectivity index (χ4n) is 5.89. The number of aromatic nitrogens is 4. The molecule has 0 N–H and O–H groups in total. The van der Waals surface area contributed by atoms with Crippen molar-refractivity contribution in [1.29, 1.82) is 0 Å². The molecule has 0 atom stereocenters. The van der Waals surface area contributed by atoms with Crippen molar-refractivity contribution < 1.29 is 93.4 Å². The van der Waals surface area contributed by atoms with Crippen molar-refractivity contribution in [3.63, 3.8) is 0 Å². The summed E-state index contributed by atoms with van der Waals surface area (Å²) in [4.78, 5) is 37.6. The first kappa shape index (κ1) is 41.0. The normalized spacial score (nSPS) is 11.4. The van der Waals surface area contributed by atoms with Crippen LogP contribution in [0.15, 0.2) is 131 Å². The van der Waals surface area contributed by atoms with Gasteiger partial charge in [0.25, 0.3) is 31.9 Å². The summed E-state index contributed by atoms with van der Waals surface area (Å²) >= 11 is 0. The molecule has 0 saturated heterocycles. The predicted octanol–water partition coefficient (Wildman–Crippen LogP) is -1.78. The molecule has 0 bridgehead atoms. The molecule has 0 unspecified atom stereocenters. The van der Waals surface area contributed by atoms with Crippen LogP contribution >= 0.6 is 0 Å². The molecule has 2 aromatic heterocycles. The molecule has 0 saturated carbocycles. The number of hydrogen-bond donors (Lipinski definition) is 0. The van der Waals surface area contributed by atoms with Gasteiger partial charge in [0.1, 0.15) is 23.1 Å². The van der Waals surface area contributed by atoms with Crippen LogP contribution in [0.3, 0.4) is 0 Å². The quantitative estimate of drug-likeness (QED) is 0.0860. The summed E-state index contributed by atoms with van der Waals surface area (Å²) in [5.41, 5.74) is 1.74. The molecule has 0 aliphatic heterocycles. The van der Waals surface area contributed by atoms with E-state index in [0.717, 1.165) is 0 Å². The monoisotopic (exact) mass is 782 g/mol. The number of hydrogen-bond acceptors (Lipinski definition) is 12. The second kappa shape index (κ2) is 16.7. The largest absolute Gasteiger partial charge is 1.00 e. The topological polar surface area (TPSA) is 203 Å². The average molecular weight is 783 g/mol. The minimum absolute atomic E-state index is 0. The molecule has 0 fully saturated rings. The third kappa shape index (κ3) is 9.18. The number of para-hydroxylation sites is 2. The van der Waals surface area contributed by atoms with E-state index in [0.29, 0.717) is 44.1 Å². The molecule has 18 heteroatoms. The third-order valence-corrected chi connectivity index (χ3v) is 8.87. The minimum atomic E-state index is -5.08. The Bertz CT molecular complexity index is 2690. The summed E-state index contributed by atoms with van der Waals surface area (Å²) in [6, 6.07) is 31.7. The zero-order valence-corrected chi connectivity index (χ0v) is 34.3. The van der Waals surface area contributed by atoms with Gasteiger partial charge in [-0.15, -0.1) is 0 Å². The zero-order valence-electron chi connectivity index (χ0n) is 28.6.